The molecular formula is C23H31N3O5. The van der Waals surface area contributed by atoms with Crippen LogP contribution < -0.4 is 4.74 Å². The number of nitrogens with zero attached hydrogens (tertiary/aromatic N) is 3. The van der Waals surface area contributed by atoms with Gasteiger partial charge in [-0.3, -0.25) is 4.79 Å². The van der Waals surface area contributed by atoms with E-state index in [0.29, 0.717) is 42.8 Å². The zero-order valence-corrected chi connectivity index (χ0v) is 18.3. The van der Waals surface area contributed by atoms with E-state index in [1.807, 2.05) is 30.0 Å². The van der Waals surface area contributed by atoms with Gasteiger partial charge in [0.05, 0.1) is 19.8 Å². The summed E-state index contributed by atoms with van der Waals surface area (Å²) >= 11 is 0. The van der Waals surface area contributed by atoms with Gasteiger partial charge in [0.25, 0.3) is 5.91 Å². The lowest BCUT2D eigenvalue weighted by Gasteiger charge is -2.33. The monoisotopic (exact) mass is 429 g/mol. The molecule has 31 heavy (non-hydrogen) atoms. The number of aromatic nitrogens is 2. The lowest BCUT2D eigenvalue weighted by atomic mass is 10.0. The second-order valence-corrected chi connectivity index (χ2v) is 8.20. The fourth-order valence-electron chi connectivity index (χ4n) is 4.29. The summed E-state index contributed by atoms with van der Waals surface area (Å²) in [6.07, 6.45) is 4.35. The van der Waals surface area contributed by atoms with Crippen LogP contribution in [0.25, 0.3) is 0 Å². The maximum absolute atomic E-state index is 13.1. The number of methoxy groups -OCH3 is 1. The molecule has 0 bridgehead atoms. The summed E-state index contributed by atoms with van der Waals surface area (Å²) in [4.78, 5) is 19.5. The number of benzene rings is 1. The van der Waals surface area contributed by atoms with E-state index in [1.54, 1.807) is 7.11 Å². The number of carbonyl (C=O) groups is 1. The van der Waals surface area contributed by atoms with Crippen LogP contribution in [0, 0.1) is 6.92 Å². The van der Waals surface area contributed by atoms with Gasteiger partial charge in [0, 0.05) is 49.8 Å². The van der Waals surface area contributed by atoms with Gasteiger partial charge in [-0.15, -0.1) is 0 Å². The first-order valence-corrected chi connectivity index (χ1v) is 11.1. The van der Waals surface area contributed by atoms with Crippen molar-refractivity contribution in [3.05, 3.63) is 41.0 Å². The Morgan fingerprint density at radius 2 is 2.10 bits per heavy atom. The number of carbonyl (C=O) groups excluding carboxylic acids is 1. The molecule has 168 valence electrons. The lowest BCUT2D eigenvalue weighted by molar-refractivity contribution is 0.00248. The highest BCUT2D eigenvalue weighted by Crippen LogP contribution is 2.26. The molecule has 0 N–H and O–H groups in total. The van der Waals surface area contributed by atoms with Crippen LogP contribution >= 0.6 is 0 Å². The molecule has 0 aliphatic carbocycles. The zero-order chi connectivity index (χ0) is 21.6. The van der Waals surface area contributed by atoms with Gasteiger partial charge in [0.15, 0.2) is 5.82 Å². The minimum Gasteiger partial charge on any atom is -0.496 e. The van der Waals surface area contributed by atoms with E-state index in [0.717, 1.165) is 56.8 Å². The summed E-state index contributed by atoms with van der Waals surface area (Å²) in [5.74, 6) is 2.45. The van der Waals surface area contributed by atoms with E-state index in [1.165, 1.54) is 0 Å². The second kappa shape index (κ2) is 10.2. The normalized spacial score (nSPS) is 20.1. The van der Waals surface area contributed by atoms with Crippen molar-refractivity contribution >= 4 is 5.91 Å². The van der Waals surface area contributed by atoms with Crippen molar-refractivity contribution in [1.82, 2.24) is 15.0 Å². The highest BCUT2D eigenvalue weighted by molar-refractivity contribution is 5.96. The van der Waals surface area contributed by atoms with E-state index in [-0.39, 0.29) is 12.0 Å². The van der Waals surface area contributed by atoms with Crippen LogP contribution in [-0.2, 0) is 15.9 Å². The van der Waals surface area contributed by atoms with Crippen molar-refractivity contribution in [1.29, 1.82) is 0 Å². The molecule has 0 radical (unpaired) electrons. The van der Waals surface area contributed by atoms with E-state index in [9.17, 15) is 4.79 Å². The Kier molecular flexibility index (Phi) is 7.19. The quantitative estimate of drug-likeness (QED) is 0.668. The maximum Gasteiger partial charge on any atom is 0.254 e. The van der Waals surface area contributed by atoms with Crippen molar-refractivity contribution in [3.8, 4) is 5.75 Å². The number of likely N-dealkylation sites (tertiary alicyclic amines) is 1. The second-order valence-electron chi connectivity index (χ2n) is 8.20. The van der Waals surface area contributed by atoms with Crippen LogP contribution in [-0.4, -0.2) is 67.1 Å². The van der Waals surface area contributed by atoms with Crippen LogP contribution in [0.2, 0.25) is 0 Å². The Morgan fingerprint density at radius 3 is 2.90 bits per heavy atom. The van der Waals surface area contributed by atoms with Crippen molar-refractivity contribution in [2.45, 2.75) is 51.0 Å². The van der Waals surface area contributed by atoms with Crippen molar-refractivity contribution in [2.24, 2.45) is 0 Å². The smallest absolute Gasteiger partial charge is 0.254 e. The first-order valence-electron chi connectivity index (χ1n) is 11.1. The first kappa shape index (κ1) is 21.8. The van der Waals surface area contributed by atoms with Crippen LogP contribution in [0.4, 0.5) is 0 Å². The fourth-order valence-corrected chi connectivity index (χ4v) is 4.29. The Labute approximate surface area is 182 Å². The summed E-state index contributed by atoms with van der Waals surface area (Å²) in [7, 11) is 1.62. The van der Waals surface area contributed by atoms with Crippen molar-refractivity contribution in [3.63, 3.8) is 0 Å². The summed E-state index contributed by atoms with van der Waals surface area (Å²) in [5.41, 5.74) is 1.56. The Hall–Kier alpha value is -2.45. The molecule has 8 nitrogen and oxygen atoms in total. The van der Waals surface area contributed by atoms with Crippen LogP contribution in [0.3, 0.4) is 0 Å². The lowest BCUT2D eigenvalue weighted by Crippen LogP contribution is -2.43. The van der Waals surface area contributed by atoms with E-state index < -0.39 is 0 Å². The van der Waals surface area contributed by atoms with Gasteiger partial charge in [-0.25, -0.2) is 0 Å². The minimum atomic E-state index is 0.0190. The molecule has 1 atom stereocenters. The van der Waals surface area contributed by atoms with E-state index in [2.05, 4.69) is 10.1 Å². The van der Waals surface area contributed by atoms with Gasteiger partial charge in [-0.1, -0.05) is 11.2 Å². The van der Waals surface area contributed by atoms with Crippen LogP contribution in [0.5, 0.6) is 5.75 Å². The van der Waals surface area contributed by atoms with Gasteiger partial charge >= 0.3 is 0 Å². The Morgan fingerprint density at radius 1 is 1.26 bits per heavy atom. The van der Waals surface area contributed by atoms with Crippen LogP contribution in [0.1, 0.15) is 59.2 Å². The molecule has 2 fully saturated rings. The number of rotatable bonds is 7. The molecule has 2 aliphatic rings. The molecule has 2 saturated heterocycles. The summed E-state index contributed by atoms with van der Waals surface area (Å²) in [5, 5.41) is 4.10. The molecule has 1 amide bonds. The largest absolute Gasteiger partial charge is 0.496 e. The summed E-state index contributed by atoms with van der Waals surface area (Å²) < 4.78 is 22.3. The van der Waals surface area contributed by atoms with Gasteiger partial charge in [-0.2, -0.15) is 4.98 Å². The topological polar surface area (TPSA) is 86.9 Å². The van der Waals surface area contributed by atoms with Gasteiger partial charge in [-0.05, 0) is 44.7 Å². The Bertz CT molecular complexity index is 878. The van der Waals surface area contributed by atoms with Crippen molar-refractivity contribution < 1.29 is 23.5 Å². The minimum absolute atomic E-state index is 0.0190. The summed E-state index contributed by atoms with van der Waals surface area (Å²) in [6, 6.07) is 5.59. The molecular weight excluding hydrogens is 398 g/mol. The summed E-state index contributed by atoms with van der Waals surface area (Å²) in [6.45, 7) is 5.26. The molecule has 4 rings (SSSR count). The molecule has 0 spiro atoms. The number of hydrogen-bond donors (Lipinski definition) is 0. The van der Waals surface area contributed by atoms with Crippen molar-refractivity contribution in [2.75, 3.05) is 40.0 Å². The van der Waals surface area contributed by atoms with E-state index in [4.69, 9.17) is 18.7 Å². The fraction of sp³-hybridized carbons (Fsp3) is 0.609. The molecule has 2 aliphatic heterocycles. The molecule has 1 unspecified atom stereocenters. The third-order valence-corrected chi connectivity index (χ3v) is 6.13. The highest BCUT2D eigenvalue weighted by Gasteiger charge is 2.27. The first-order chi connectivity index (χ1) is 15.2. The number of ether oxygens (including phenoxy) is 3. The maximum atomic E-state index is 13.1. The third kappa shape index (κ3) is 5.25. The molecule has 3 heterocycles. The van der Waals surface area contributed by atoms with Gasteiger partial charge < -0.3 is 23.6 Å². The molecule has 2 aromatic rings. The van der Waals surface area contributed by atoms with E-state index >= 15 is 0 Å². The predicted molar refractivity (Wildman–Crippen MR) is 113 cm³/mol. The Balaban J connectivity index is 1.27. The highest BCUT2D eigenvalue weighted by atomic mass is 16.5. The van der Waals surface area contributed by atoms with Gasteiger partial charge in [0.1, 0.15) is 5.75 Å². The average Bonchev–Trinajstić information content (AvgIpc) is 3.28. The molecule has 1 aromatic heterocycles. The molecule has 0 saturated carbocycles. The number of amides is 1. The predicted octanol–water partition coefficient (Wildman–Crippen LogP) is 3.14. The third-order valence-electron chi connectivity index (χ3n) is 6.13. The zero-order valence-electron chi connectivity index (χ0n) is 18.3. The molecule has 8 heteroatoms. The SMILES string of the molecule is COc1cccc(C(=O)N2CCCC(OCCc3noc(C4CCOCC4)n3)C2)c1C. The average molecular weight is 430 g/mol. The number of hydrogen-bond acceptors (Lipinski definition) is 7. The van der Waals surface area contributed by atoms with Gasteiger partial charge in [0.2, 0.25) is 5.89 Å². The molecule has 1 aromatic carbocycles. The van der Waals surface area contributed by atoms with Crippen LogP contribution in [0.15, 0.2) is 22.7 Å². The standard InChI is InChI=1S/C23H31N3O5/c1-16-19(6-3-7-20(16)28-2)23(27)26-11-4-5-18(15-26)30-14-10-21-24-22(31-25-21)17-8-12-29-13-9-17/h3,6-7,17-18H,4-5,8-15H2,1-2H3. The number of piperidine rings is 1.